The Morgan fingerprint density at radius 1 is 0.750 bits per heavy atom. The fourth-order valence-corrected chi connectivity index (χ4v) is 3.93. The second kappa shape index (κ2) is 4.85. The van der Waals surface area contributed by atoms with Gasteiger partial charge in [0.25, 0.3) is 0 Å². The van der Waals surface area contributed by atoms with E-state index in [4.69, 9.17) is 0 Å². The third-order valence-corrected chi connectivity index (χ3v) is 6.65. The van der Waals surface area contributed by atoms with E-state index < -0.39 is 0 Å². The van der Waals surface area contributed by atoms with E-state index in [0.29, 0.717) is 27.4 Å². The van der Waals surface area contributed by atoms with Crippen molar-refractivity contribution in [3.63, 3.8) is 0 Å². The second-order valence-electron chi connectivity index (χ2n) is 9.60. The number of Topliss-reactive ketones (excluding diaryl/α,β-unsaturated/α-hetero) is 1. The topological polar surface area (TPSA) is 17.1 Å². The summed E-state index contributed by atoms with van der Waals surface area (Å²) in [7, 11) is 0. The van der Waals surface area contributed by atoms with Crippen LogP contribution in [0.25, 0.3) is 0 Å². The molecule has 2 saturated carbocycles. The third kappa shape index (κ3) is 3.12. The smallest absolute Gasteiger partial charge is 0.132 e. The lowest BCUT2D eigenvalue weighted by Crippen LogP contribution is -2.24. The average molecular weight is 278 g/mol. The van der Waals surface area contributed by atoms with E-state index in [2.05, 4.69) is 41.5 Å². The van der Waals surface area contributed by atoms with Crippen LogP contribution in [0.3, 0.4) is 0 Å². The number of hydrogen-bond acceptors (Lipinski definition) is 1. The Morgan fingerprint density at radius 3 is 1.25 bits per heavy atom. The van der Waals surface area contributed by atoms with Gasteiger partial charge >= 0.3 is 0 Å². The van der Waals surface area contributed by atoms with Crippen molar-refractivity contribution in [2.45, 2.75) is 92.9 Å². The van der Waals surface area contributed by atoms with Gasteiger partial charge in [0, 0.05) is 12.8 Å². The largest absolute Gasteiger partial charge is 0.300 e. The lowest BCUT2D eigenvalue weighted by Gasteiger charge is -2.32. The summed E-state index contributed by atoms with van der Waals surface area (Å²) >= 11 is 0. The van der Waals surface area contributed by atoms with Crippen molar-refractivity contribution in [2.24, 2.45) is 21.7 Å². The summed E-state index contributed by atoms with van der Waals surface area (Å²) in [4.78, 5) is 12.2. The Hall–Kier alpha value is -0.330. The standard InChI is InChI=1S/C19H34O/c1-16(2,3)18(11-12-18)9-7-15(20)8-10-19(13-14-19)17(4,5)6/h7-14H2,1-6H3. The number of hydrogen-bond donors (Lipinski definition) is 0. The van der Waals surface area contributed by atoms with E-state index in [-0.39, 0.29) is 0 Å². The minimum Gasteiger partial charge on any atom is -0.300 e. The summed E-state index contributed by atoms with van der Waals surface area (Å²) in [5.74, 6) is 0.510. The molecule has 0 aromatic carbocycles. The minimum atomic E-state index is 0.371. The summed E-state index contributed by atoms with van der Waals surface area (Å²) < 4.78 is 0. The van der Waals surface area contributed by atoms with Crippen molar-refractivity contribution in [1.82, 2.24) is 0 Å². The van der Waals surface area contributed by atoms with Gasteiger partial charge in [0.05, 0.1) is 0 Å². The highest BCUT2D eigenvalue weighted by Gasteiger charge is 2.52. The Bertz CT molecular complexity index is 334. The molecule has 2 rings (SSSR count). The molecule has 0 amide bonds. The first kappa shape index (κ1) is 16.0. The second-order valence-corrected chi connectivity index (χ2v) is 9.60. The lowest BCUT2D eigenvalue weighted by atomic mass is 9.73. The van der Waals surface area contributed by atoms with Crippen molar-refractivity contribution < 1.29 is 4.79 Å². The molecule has 20 heavy (non-hydrogen) atoms. The summed E-state index contributed by atoms with van der Waals surface area (Å²) in [6.45, 7) is 14.0. The van der Waals surface area contributed by atoms with E-state index in [0.717, 1.165) is 25.7 Å². The molecule has 1 heteroatoms. The Kier molecular flexibility index (Phi) is 3.89. The molecular weight excluding hydrogens is 244 g/mol. The number of carbonyl (C=O) groups excluding carboxylic acids is 1. The van der Waals surface area contributed by atoms with Crippen LogP contribution < -0.4 is 0 Å². The zero-order valence-electron chi connectivity index (χ0n) is 14.6. The molecule has 0 N–H and O–H groups in total. The van der Waals surface area contributed by atoms with Gasteiger partial charge < -0.3 is 0 Å². The molecule has 0 aromatic rings. The first-order valence-electron chi connectivity index (χ1n) is 8.53. The summed E-state index contributed by atoms with van der Waals surface area (Å²) in [6, 6.07) is 0. The van der Waals surface area contributed by atoms with E-state index >= 15 is 0 Å². The van der Waals surface area contributed by atoms with E-state index in [1.165, 1.54) is 25.7 Å². The molecule has 2 aliphatic carbocycles. The van der Waals surface area contributed by atoms with Crippen LogP contribution in [-0.2, 0) is 4.79 Å². The van der Waals surface area contributed by atoms with Crippen molar-refractivity contribution in [3.05, 3.63) is 0 Å². The van der Waals surface area contributed by atoms with Crippen LogP contribution >= 0.6 is 0 Å². The fraction of sp³-hybridized carbons (Fsp3) is 0.947. The normalized spacial score (nSPS) is 23.5. The molecule has 0 bridgehead atoms. The first-order valence-corrected chi connectivity index (χ1v) is 8.53. The monoisotopic (exact) mass is 278 g/mol. The predicted octanol–water partition coefficient (Wildman–Crippen LogP) is 5.77. The van der Waals surface area contributed by atoms with Crippen LogP contribution in [-0.4, -0.2) is 5.78 Å². The lowest BCUT2D eigenvalue weighted by molar-refractivity contribution is -0.120. The summed E-state index contributed by atoms with van der Waals surface area (Å²) in [5.41, 5.74) is 1.70. The summed E-state index contributed by atoms with van der Waals surface area (Å²) in [5, 5.41) is 0. The van der Waals surface area contributed by atoms with Crippen LogP contribution in [0.15, 0.2) is 0 Å². The van der Waals surface area contributed by atoms with Gasteiger partial charge in [-0.05, 0) is 60.2 Å². The molecule has 0 aromatic heterocycles. The van der Waals surface area contributed by atoms with Crippen LogP contribution in [0.5, 0.6) is 0 Å². The van der Waals surface area contributed by atoms with Gasteiger partial charge in [-0.1, -0.05) is 41.5 Å². The maximum atomic E-state index is 12.2. The van der Waals surface area contributed by atoms with Crippen molar-refractivity contribution in [3.8, 4) is 0 Å². The third-order valence-electron chi connectivity index (χ3n) is 6.65. The Morgan fingerprint density at radius 2 is 1.05 bits per heavy atom. The molecule has 0 saturated heterocycles. The molecule has 0 atom stereocenters. The quantitative estimate of drug-likeness (QED) is 0.603. The maximum absolute atomic E-state index is 12.2. The van der Waals surface area contributed by atoms with Gasteiger partial charge in [-0.2, -0.15) is 0 Å². The van der Waals surface area contributed by atoms with Crippen molar-refractivity contribution in [2.75, 3.05) is 0 Å². The van der Waals surface area contributed by atoms with Crippen LogP contribution in [0.2, 0.25) is 0 Å². The molecule has 0 aliphatic heterocycles. The van der Waals surface area contributed by atoms with Gasteiger partial charge in [-0.15, -0.1) is 0 Å². The fourth-order valence-electron chi connectivity index (χ4n) is 3.93. The van der Waals surface area contributed by atoms with Gasteiger partial charge in [-0.3, -0.25) is 4.79 Å². The highest BCUT2D eigenvalue weighted by atomic mass is 16.1. The van der Waals surface area contributed by atoms with E-state index in [1.54, 1.807) is 0 Å². The van der Waals surface area contributed by atoms with E-state index in [9.17, 15) is 4.79 Å². The van der Waals surface area contributed by atoms with Gasteiger partial charge in [0.1, 0.15) is 5.78 Å². The molecular formula is C19H34O. The Labute approximate surface area is 125 Å². The van der Waals surface area contributed by atoms with Crippen LogP contribution in [0.1, 0.15) is 92.9 Å². The SMILES string of the molecule is CC(C)(C)C1(CCC(=O)CCC2(C(C)(C)C)CC2)CC1. The van der Waals surface area contributed by atoms with Gasteiger partial charge in [0.15, 0.2) is 0 Å². The predicted molar refractivity (Wildman–Crippen MR) is 85.7 cm³/mol. The van der Waals surface area contributed by atoms with Crippen LogP contribution in [0.4, 0.5) is 0 Å². The van der Waals surface area contributed by atoms with E-state index in [1.807, 2.05) is 0 Å². The van der Waals surface area contributed by atoms with Gasteiger partial charge in [0.2, 0.25) is 0 Å². The van der Waals surface area contributed by atoms with Crippen molar-refractivity contribution in [1.29, 1.82) is 0 Å². The number of rotatable bonds is 6. The molecule has 1 nitrogen and oxygen atoms in total. The van der Waals surface area contributed by atoms with Crippen LogP contribution in [0, 0.1) is 21.7 Å². The van der Waals surface area contributed by atoms with Gasteiger partial charge in [-0.25, -0.2) is 0 Å². The minimum absolute atomic E-state index is 0.371. The molecule has 2 aliphatic rings. The highest BCUT2D eigenvalue weighted by molar-refractivity contribution is 5.78. The molecule has 116 valence electrons. The molecule has 0 unspecified atom stereocenters. The molecule has 0 spiro atoms. The number of ketones is 1. The first-order chi connectivity index (χ1) is 9.02. The molecule has 0 heterocycles. The zero-order valence-corrected chi connectivity index (χ0v) is 14.6. The highest BCUT2D eigenvalue weighted by Crippen LogP contribution is 2.62. The Balaban J connectivity index is 1.75. The average Bonchev–Trinajstić information content (AvgIpc) is 3.14. The zero-order chi connectivity index (χ0) is 15.2. The number of carbonyl (C=O) groups is 1. The maximum Gasteiger partial charge on any atom is 0.132 e. The molecule has 2 fully saturated rings. The summed E-state index contributed by atoms with van der Waals surface area (Å²) in [6.07, 6.45) is 9.20. The molecule has 0 radical (unpaired) electrons. The van der Waals surface area contributed by atoms with Crippen molar-refractivity contribution >= 4 is 5.78 Å².